The highest BCUT2D eigenvalue weighted by Gasteiger charge is 2.12. The minimum atomic E-state index is -0.507. The lowest BCUT2D eigenvalue weighted by Crippen LogP contribution is -2.14. The van der Waals surface area contributed by atoms with Gasteiger partial charge in [-0.1, -0.05) is 0 Å². The molecule has 0 radical (unpaired) electrons. The normalized spacial score (nSPS) is 10.8. The van der Waals surface area contributed by atoms with Crippen molar-refractivity contribution in [2.45, 2.75) is 0 Å². The van der Waals surface area contributed by atoms with Crippen LogP contribution in [-0.2, 0) is 4.79 Å². The Morgan fingerprint density at radius 2 is 1.96 bits per heavy atom. The molecule has 0 fully saturated rings. The number of methoxy groups -OCH3 is 1. The number of phenolic OH excluding ortho intramolecular Hbond substituents is 1. The van der Waals surface area contributed by atoms with Crippen LogP contribution in [0.2, 0.25) is 0 Å². The number of benzene rings is 2. The quantitative estimate of drug-likeness (QED) is 0.402. The van der Waals surface area contributed by atoms with Gasteiger partial charge < -0.3 is 20.1 Å². The van der Waals surface area contributed by atoms with Crippen LogP contribution in [0.4, 0.5) is 11.4 Å². The highest BCUT2D eigenvalue weighted by Crippen LogP contribution is 2.33. The molecule has 0 bridgehead atoms. The maximum absolute atomic E-state index is 12.4. The smallest absolute Gasteiger partial charge is 0.266 e. The second-order valence-electron chi connectivity index (χ2n) is 5.62. The van der Waals surface area contributed by atoms with Gasteiger partial charge in [-0.2, -0.15) is 5.26 Å². The summed E-state index contributed by atoms with van der Waals surface area (Å²) < 4.78 is 5.66. The molecule has 0 aliphatic carbocycles. The maximum atomic E-state index is 12.4. The van der Waals surface area contributed by atoms with Crippen molar-refractivity contribution in [3.8, 4) is 17.6 Å². The van der Waals surface area contributed by atoms with Gasteiger partial charge in [-0.25, -0.2) is 0 Å². The molecule has 0 aromatic heterocycles. The number of hydrogen-bond donors (Lipinski definition) is 2. The Morgan fingerprint density at radius 1 is 1.31 bits per heavy atom. The Morgan fingerprint density at radius 3 is 2.50 bits per heavy atom. The van der Waals surface area contributed by atoms with Crippen molar-refractivity contribution in [1.29, 1.82) is 5.26 Å². The number of nitriles is 1. The molecule has 26 heavy (non-hydrogen) atoms. The number of nitrogens with zero attached hydrogens (tertiary/aromatic N) is 2. The van der Waals surface area contributed by atoms with Crippen molar-refractivity contribution in [3.05, 3.63) is 51.1 Å². The van der Waals surface area contributed by atoms with Crippen molar-refractivity contribution in [3.63, 3.8) is 0 Å². The minimum absolute atomic E-state index is 0.0224. The molecule has 0 spiro atoms. The van der Waals surface area contributed by atoms with E-state index in [0.29, 0.717) is 14.8 Å². The van der Waals surface area contributed by atoms with Gasteiger partial charge in [-0.15, -0.1) is 0 Å². The number of ether oxygens (including phenoxy) is 1. The largest absolute Gasteiger partial charge is 0.504 e. The Labute approximate surface area is 165 Å². The Hall–Kier alpha value is -2.73. The zero-order valence-electron chi connectivity index (χ0n) is 14.6. The molecule has 2 aromatic rings. The van der Waals surface area contributed by atoms with Gasteiger partial charge >= 0.3 is 0 Å². The first kappa shape index (κ1) is 19.6. The van der Waals surface area contributed by atoms with Crippen LogP contribution < -0.4 is 15.0 Å². The summed E-state index contributed by atoms with van der Waals surface area (Å²) in [7, 11) is 5.29. The van der Waals surface area contributed by atoms with Gasteiger partial charge in [0.25, 0.3) is 5.91 Å². The van der Waals surface area contributed by atoms with E-state index < -0.39 is 5.91 Å². The molecular weight excluding hydrogens is 445 g/mol. The molecule has 0 unspecified atom stereocenters. The first-order valence-electron chi connectivity index (χ1n) is 7.62. The van der Waals surface area contributed by atoms with E-state index in [0.717, 1.165) is 5.69 Å². The van der Waals surface area contributed by atoms with Crippen molar-refractivity contribution in [2.24, 2.45) is 0 Å². The van der Waals surface area contributed by atoms with E-state index in [9.17, 15) is 15.2 Å². The van der Waals surface area contributed by atoms with Crippen LogP contribution in [0.3, 0.4) is 0 Å². The molecule has 2 aromatic carbocycles. The number of anilines is 2. The summed E-state index contributed by atoms with van der Waals surface area (Å²) in [6, 6.07) is 12.4. The predicted octanol–water partition coefficient (Wildman–Crippen LogP) is 3.62. The molecule has 0 saturated carbocycles. The van der Waals surface area contributed by atoms with Crippen molar-refractivity contribution < 1.29 is 14.6 Å². The number of hydrogen-bond acceptors (Lipinski definition) is 5. The van der Waals surface area contributed by atoms with E-state index in [1.165, 1.54) is 13.2 Å². The third-order valence-electron chi connectivity index (χ3n) is 3.59. The van der Waals surface area contributed by atoms with E-state index in [1.807, 2.05) is 59.8 Å². The summed E-state index contributed by atoms with van der Waals surface area (Å²) in [6.07, 6.45) is 1.45. The molecule has 0 aliphatic heterocycles. The van der Waals surface area contributed by atoms with Crippen LogP contribution in [0.25, 0.3) is 6.08 Å². The molecule has 1 amide bonds. The Kier molecular flexibility index (Phi) is 6.46. The second-order valence-corrected chi connectivity index (χ2v) is 6.78. The molecule has 0 atom stereocenters. The van der Waals surface area contributed by atoms with Gasteiger partial charge in [0.15, 0.2) is 11.5 Å². The van der Waals surface area contributed by atoms with Gasteiger partial charge in [-0.05, 0) is 70.6 Å². The Balaban J connectivity index is 2.24. The van der Waals surface area contributed by atoms with Crippen LogP contribution in [0.5, 0.6) is 11.5 Å². The average Bonchev–Trinajstić information content (AvgIpc) is 2.62. The molecule has 2 rings (SSSR count). The van der Waals surface area contributed by atoms with Crippen LogP contribution >= 0.6 is 22.6 Å². The maximum Gasteiger partial charge on any atom is 0.266 e. The van der Waals surface area contributed by atoms with Gasteiger partial charge in [0, 0.05) is 25.5 Å². The van der Waals surface area contributed by atoms with Crippen molar-refractivity contribution in [1.82, 2.24) is 0 Å². The van der Waals surface area contributed by atoms with Crippen molar-refractivity contribution in [2.75, 3.05) is 31.4 Å². The van der Waals surface area contributed by atoms with Crippen LogP contribution in [-0.4, -0.2) is 32.2 Å². The molecular formula is C19H18IN3O3. The Bertz CT molecular complexity index is 884. The van der Waals surface area contributed by atoms with Crippen molar-refractivity contribution >= 4 is 45.9 Å². The summed E-state index contributed by atoms with van der Waals surface area (Å²) in [6.45, 7) is 0. The number of nitrogens with one attached hydrogen (secondary N) is 1. The SMILES string of the molecule is COc1cc(/C=C(/C#N)C(=O)Nc2ccc(N(C)C)cc2)cc(I)c1O. The molecule has 6 nitrogen and oxygen atoms in total. The van der Waals surface area contributed by atoms with E-state index in [4.69, 9.17) is 4.74 Å². The summed E-state index contributed by atoms with van der Waals surface area (Å²) in [4.78, 5) is 14.3. The summed E-state index contributed by atoms with van der Waals surface area (Å²) in [5.41, 5.74) is 2.13. The monoisotopic (exact) mass is 463 g/mol. The highest BCUT2D eigenvalue weighted by molar-refractivity contribution is 14.1. The molecule has 2 N–H and O–H groups in total. The van der Waals surface area contributed by atoms with Crippen LogP contribution in [0.15, 0.2) is 42.0 Å². The predicted molar refractivity (Wildman–Crippen MR) is 110 cm³/mol. The van der Waals surface area contributed by atoms with Gasteiger partial charge in [0.1, 0.15) is 11.6 Å². The summed E-state index contributed by atoms with van der Waals surface area (Å²) >= 11 is 1.96. The number of halogens is 1. The van der Waals surface area contributed by atoms with E-state index in [2.05, 4.69) is 5.32 Å². The molecule has 0 heterocycles. The summed E-state index contributed by atoms with van der Waals surface area (Å²) in [5.74, 6) is -0.207. The molecule has 0 saturated heterocycles. The fourth-order valence-corrected chi connectivity index (χ4v) is 2.81. The van der Waals surface area contributed by atoms with Gasteiger partial charge in [-0.3, -0.25) is 4.79 Å². The van der Waals surface area contributed by atoms with E-state index >= 15 is 0 Å². The summed E-state index contributed by atoms with van der Waals surface area (Å²) in [5, 5.41) is 21.9. The molecule has 134 valence electrons. The average molecular weight is 463 g/mol. The number of phenols is 1. The first-order chi connectivity index (χ1) is 12.3. The number of aromatic hydroxyl groups is 1. The van der Waals surface area contributed by atoms with Crippen LogP contribution in [0.1, 0.15) is 5.56 Å². The minimum Gasteiger partial charge on any atom is -0.504 e. The lowest BCUT2D eigenvalue weighted by Gasteiger charge is -2.13. The zero-order valence-corrected chi connectivity index (χ0v) is 16.7. The number of rotatable bonds is 5. The molecule has 7 heteroatoms. The van der Waals surface area contributed by atoms with E-state index in [-0.39, 0.29) is 17.1 Å². The third-order valence-corrected chi connectivity index (χ3v) is 4.41. The number of amides is 1. The fraction of sp³-hybridized carbons (Fsp3) is 0.158. The fourth-order valence-electron chi connectivity index (χ4n) is 2.19. The lowest BCUT2D eigenvalue weighted by molar-refractivity contribution is -0.112. The van der Waals surface area contributed by atoms with Crippen LogP contribution in [0, 0.1) is 14.9 Å². The first-order valence-corrected chi connectivity index (χ1v) is 8.70. The molecule has 0 aliphatic rings. The van der Waals surface area contributed by atoms with E-state index in [1.54, 1.807) is 24.3 Å². The van der Waals surface area contributed by atoms with Gasteiger partial charge in [0.05, 0.1) is 10.7 Å². The van der Waals surface area contributed by atoms with Gasteiger partial charge in [0.2, 0.25) is 0 Å². The topological polar surface area (TPSA) is 85.6 Å². The third kappa shape index (κ3) is 4.67. The number of carbonyl (C=O) groups is 1. The number of carbonyl (C=O) groups excluding carboxylic acids is 1. The zero-order chi connectivity index (χ0) is 19.3. The highest BCUT2D eigenvalue weighted by atomic mass is 127. The standard InChI is InChI=1S/C19H18IN3O3/c1-23(2)15-6-4-14(5-7-15)22-19(25)13(11-21)8-12-9-16(20)18(24)17(10-12)26-3/h4-10,24H,1-3H3,(H,22,25)/b13-8-. The second kappa shape index (κ2) is 8.58. The lowest BCUT2D eigenvalue weighted by atomic mass is 10.1.